The second-order valence-corrected chi connectivity index (χ2v) is 8.15. The highest BCUT2D eigenvalue weighted by molar-refractivity contribution is 7.09. The van der Waals surface area contributed by atoms with Gasteiger partial charge in [-0.3, -0.25) is 14.2 Å². The van der Waals surface area contributed by atoms with Crippen molar-refractivity contribution in [1.29, 1.82) is 0 Å². The Balaban J connectivity index is 1.68. The third kappa shape index (κ3) is 3.67. The second-order valence-electron chi connectivity index (χ2n) is 7.12. The highest BCUT2D eigenvalue weighted by Crippen LogP contribution is 2.18. The molecule has 5 nitrogen and oxygen atoms in total. The fourth-order valence-electron chi connectivity index (χ4n) is 3.66. The first-order chi connectivity index (χ1) is 13.1. The zero-order valence-electron chi connectivity index (χ0n) is 15.5. The number of carbonyl (C=O) groups is 1. The standard InChI is InChI=1S/C21H23N3O2S/c1-23(14-16-7-6-12-27-16)20(25)15-9-10-17-18(13-15)22-19-8-4-2-3-5-11-24(19)21(17)26/h6-7,9-10,12-13H,2-5,8,11,14H2,1H3. The van der Waals surface area contributed by atoms with E-state index in [0.29, 0.717) is 23.0 Å². The molecule has 1 aromatic carbocycles. The molecule has 1 aliphatic rings. The number of hydrogen-bond donors (Lipinski definition) is 0. The topological polar surface area (TPSA) is 55.2 Å². The maximum absolute atomic E-state index is 12.9. The molecule has 0 saturated heterocycles. The molecule has 3 heterocycles. The summed E-state index contributed by atoms with van der Waals surface area (Å²) in [7, 11) is 1.80. The van der Waals surface area contributed by atoms with Gasteiger partial charge in [-0.05, 0) is 42.5 Å². The fourth-order valence-corrected chi connectivity index (χ4v) is 4.41. The molecule has 0 saturated carbocycles. The number of hydrogen-bond acceptors (Lipinski definition) is 4. The van der Waals surface area contributed by atoms with Gasteiger partial charge in [0.2, 0.25) is 0 Å². The minimum atomic E-state index is -0.0565. The second kappa shape index (κ2) is 7.64. The molecule has 0 atom stereocenters. The number of aromatic nitrogens is 2. The van der Waals surface area contributed by atoms with E-state index in [4.69, 9.17) is 4.98 Å². The largest absolute Gasteiger partial charge is 0.337 e. The molecule has 6 heteroatoms. The van der Waals surface area contributed by atoms with E-state index < -0.39 is 0 Å². The lowest BCUT2D eigenvalue weighted by molar-refractivity contribution is 0.0786. The van der Waals surface area contributed by atoms with Crippen LogP contribution in [0.3, 0.4) is 0 Å². The van der Waals surface area contributed by atoms with Gasteiger partial charge in [0, 0.05) is 30.5 Å². The van der Waals surface area contributed by atoms with Gasteiger partial charge < -0.3 is 4.90 Å². The molecular formula is C21H23N3O2S. The smallest absolute Gasteiger partial charge is 0.261 e. The molecule has 1 aliphatic heterocycles. The molecule has 0 radical (unpaired) electrons. The summed E-state index contributed by atoms with van der Waals surface area (Å²) in [6.07, 6.45) is 5.24. The molecule has 0 unspecified atom stereocenters. The van der Waals surface area contributed by atoms with Crippen LogP contribution < -0.4 is 5.56 Å². The van der Waals surface area contributed by atoms with Crippen molar-refractivity contribution in [2.45, 2.75) is 45.2 Å². The van der Waals surface area contributed by atoms with Crippen LogP contribution in [-0.2, 0) is 19.5 Å². The Morgan fingerprint density at radius 1 is 1.22 bits per heavy atom. The van der Waals surface area contributed by atoms with Crippen LogP contribution in [-0.4, -0.2) is 27.4 Å². The lowest BCUT2D eigenvalue weighted by atomic mass is 10.1. The van der Waals surface area contributed by atoms with Gasteiger partial charge in [0.1, 0.15) is 5.82 Å². The van der Waals surface area contributed by atoms with Crippen molar-refractivity contribution in [1.82, 2.24) is 14.5 Å². The van der Waals surface area contributed by atoms with Crippen LogP contribution in [0.4, 0.5) is 0 Å². The Bertz CT molecular complexity index is 1020. The van der Waals surface area contributed by atoms with E-state index in [1.807, 2.05) is 22.1 Å². The minimum Gasteiger partial charge on any atom is -0.337 e. The van der Waals surface area contributed by atoms with E-state index in [2.05, 4.69) is 0 Å². The van der Waals surface area contributed by atoms with Crippen molar-refractivity contribution in [2.75, 3.05) is 7.05 Å². The van der Waals surface area contributed by atoms with Crippen molar-refractivity contribution in [3.8, 4) is 0 Å². The van der Waals surface area contributed by atoms with E-state index in [1.54, 1.807) is 41.5 Å². The highest BCUT2D eigenvalue weighted by atomic mass is 32.1. The van der Waals surface area contributed by atoms with E-state index in [1.165, 1.54) is 6.42 Å². The first kappa shape index (κ1) is 17.9. The summed E-state index contributed by atoms with van der Waals surface area (Å²) in [5.41, 5.74) is 1.22. The maximum Gasteiger partial charge on any atom is 0.261 e. The Morgan fingerprint density at radius 3 is 2.89 bits per heavy atom. The van der Waals surface area contributed by atoms with Crippen LogP contribution in [0.2, 0.25) is 0 Å². The van der Waals surface area contributed by atoms with Crippen LogP contribution in [0.1, 0.15) is 46.7 Å². The maximum atomic E-state index is 12.9. The van der Waals surface area contributed by atoms with Crippen LogP contribution in [0.15, 0.2) is 40.5 Å². The van der Waals surface area contributed by atoms with Gasteiger partial charge in [0.05, 0.1) is 17.4 Å². The summed E-state index contributed by atoms with van der Waals surface area (Å²) in [6.45, 7) is 1.32. The van der Waals surface area contributed by atoms with Crippen LogP contribution in [0.25, 0.3) is 10.9 Å². The van der Waals surface area contributed by atoms with Gasteiger partial charge in [-0.2, -0.15) is 0 Å². The molecule has 1 amide bonds. The van der Waals surface area contributed by atoms with E-state index in [0.717, 1.165) is 42.9 Å². The third-order valence-corrected chi connectivity index (χ3v) is 5.99. The van der Waals surface area contributed by atoms with Crippen molar-refractivity contribution in [3.05, 3.63) is 62.3 Å². The minimum absolute atomic E-state index is 0.0165. The molecule has 0 N–H and O–H groups in total. The Morgan fingerprint density at radius 2 is 2.07 bits per heavy atom. The molecule has 0 bridgehead atoms. The van der Waals surface area contributed by atoms with Crippen molar-refractivity contribution in [3.63, 3.8) is 0 Å². The van der Waals surface area contributed by atoms with Crippen molar-refractivity contribution >= 4 is 28.1 Å². The van der Waals surface area contributed by atoms with Gasteiger partial charge in [-0.1, -0.05) is 18.9 Å². The van der Waals surface area contributed by atoms with Gasteiger partial charge in [-0.15, -0.1) is 11.3 Å². The molecular weight excluding hydrogens is 358 g/mol. The first-order valence-electron chi connectivity index (χ1n) is 9.45. The van der Waals surface area contributed by atoms with Gasteiger partial charge in [0.15, 0.2) is 0 Å². The number of amides is 1. The molecule has 27 heavy (non-hydrogen) atoms. The summed E-state index contributed by atoms with van der Waals surface area (Å²) in [5.74, 6) is 0.794. The zero-order chi connectivity index (χ0) is 18.8. The lowest BCUT2D eigenvalue weighted by Crippen LogP contribution is -2.28. The van der Waals surface area contributed by atoms with Crippen LogP contribution >= 0.6 is 11.3 Å². The molecule has 0 aliphatic carbocycles. The number of nitrogens with zero attached hydrogens (tertiary/aromatic N) is 3. The summed E-state index contributed by atoms with van der Waals surface area (Å²) < 4.78 is 1.83. The average Bonchev–Trinajstić information content (AvgIpc) is 3.15. The van der Waals surface area contributed by atoms with Crippen LogP contribution in [0.5, 0.6) is 0 Å². The Labute approximate surface area is 162 Å². The quantitative estimate of drug-likeness (QED) is 0.692. The van der Waals surface area contributed by atoms with E-state index in [9.17, 15) is 9.59 Å². The number of aryl methyl sites for hydroxylation is 1. The number of fused-ring (bicyclic) bond motifs is 2. The normalized spacial score (nSPS) is 14.4. The van der Waals surface area contributed by atoms with Crippen molar-refractivity contribution < 1.29 is 4.79 Å². The molecule has 4 rings (SSSR count). The zero-order valence-corrected chi connectivity index (χ0v) is 16.3. The number of thiophene rings is 1. The Kier molecular flexibility index (Phi) is 5.07. The monoisotopic (exact) mass is 381 g/mol. The molecule has 3 aromatic rings. The van der Waals surface area contributed by atoms with Gasteiger partial charge in [-0.25, -0.2) is 4.98 Å². The summed E-state index contributed by atoms with van der Waals surface area (Å²) in [4.78, 5) is 33.3. The van der Waals surface area contributed by atoms with Gasteiger partial charge >= 0.3 is 0 Å². The predicted molar refractivity (Wildman–Crippen MR) is 108 cm³/mol. The highest BCUT2D eigenvalue weighted by Gasteiger charge is 2.17. The summed E-state index contributed by atoms with van der Waals surface area (Å²) >= 11 is 1.64. The van der Waals surface area contributed by atoms with Crippen molar-refractivity contribution in [2.24, 2.45) is 0 Å². The lowest BCUT2D eigenvalue weighted by Gasteiger charge is -2.18. The summed E-state index contributed by atoms with van der Waals surface area (Å²) in [6, 6.07) is 9.27. The SMILES string of the molecule is CN(Cc1cccs1)C(=O)c1ccc2c(=O)n3c(nc2c1)CCCCCC3. The predicted octanol–water partition coefficient (Wildman–Crippen LogP) is 3.85. The third-order valence-electron chi connectivity index (χ3n) is 5.13. The fraction of sp³-hybridized carbons (Fsp3) is 0.381. The molecule has 0 fully saturated rings. The van der Waals surface area contributed by atoms with Gasteiger partial charge in [0.25, 0.3) is 11.5 Å². The Hall–Kier alpha value is -2.47. The first-order valence-corrected chi connectivity index (χ1v) is 10.3. The number of benzene rings is 1. The van der Waals surface area contributed by atoms with E-state index in [-0.39, 0.29) is 11.5 Å². The molecule has 140 valence electrons. The molecule has 2 aromatic heterocycles. The molecule has 0 spiro atoms. The summed E-state index contributed by atoms with van der Waals surface area (Å²) in [5, 5.41) is 2.60. The average molecular weight is 382 g/mol. The van der Waals surface area contributed by atoms with E-state index >= 15 is 0 Å². The number of rotatable bonds is 3. The van der Waals surface area contributed by atoms with Crippen LogP contribution in [0, 0.1) is 0 Å². The number of carbonyl (C=O) groups excluding carboxylic acids is 1.